The van der Waals surface area contributed by atoms with Crippen molar-refractivity contribution in [3.05, 3.63) is 70.8 Å². The van der Waals surface area contributed by atoms with Crippen molar-refractivity contribution in [3.8, 4) is 0 Å². The molecule has 33 heavy (non-hydrogen) atoms. The van der Waals surface area contributed by atoms with Gasteiger partial charge in [0.2, 0.25) is 5.91 Å². The molecule has 2 fully saturated rings. The molecular formula is C25H30Cl3NO4. The maximum absolute atomic E-state index is 11.8. The van der Waals surface area contributed by atoms with E-state index < -0.39 is 24.8 Å². The van der Waals surface area contributed by atoms with Gasteiger partial charge in [0.05, 0.1) is 12.1 Å². The molecule has 0 bridgehead atoms. The summed E-state index contributed by atoms with van der Waals surface area (Å²) >= 11 is 16.9. The molecule has 4 rings (SSSR count). The molecule has 180 valence electrons. The zero-order valence-corrected chi connectivity index (χ0v) is 20.5. The lowest BCUT2D eigenvalue weighted by atomic mass is 10.1. The average Bonchev–Trinajstić information content (AvgIpc) is 2.90. The van der Waals surface area contributed by atoms with Crippen LogP contribution in [0.1, 0.15) is 40.6 Å². The van der Waals surface area contributed by atoms with Gasteiger partial charge < -0.3 is 14.4 Å². The minimum atomic E-state index is -2.20. The van der Waals surface area contributed by atoms with Crippen molar-refractivity contribution < 1.29 is 24.5 Å². The molecule has 0 aliphatic carbocycles. The summed E-state index contributed by atoms with van der Waals surface area (Å²) in [5.41, 5.74) is 4.24. The Kier molecular flexibility index (Phi) is 10.7. The van der Waals surface area contributed by atoms with Gasteiger partial charge in [0.25, 0.3) is 0 Å². The summed E-state index contributed by atoms with van der Waals surface area (Å²) in [4.78, 5) is 23.9. The number of morpholine rings is 1. The smallest absolute Gasteiger partial charge is 0.248 e. The van der Waals surface area contributed by atoms with E-state index in [1.54, 1.807) is 0 Å². The number of Topliss-reactive ketones (excluding diaryl/α,β-unsaturated/α-hetero) is 1. The molecule has 0 radical (unpaired) electrons. The number of hydrogen-bond acceptors (Lipinski definition) is 4. The summed E-state index contributed by atoms with van der Waals surface area (Å²) in [6, 6.07) is 15.6. The minimum Gasteiger partial charge on any atom is -0.374 e. The summed E-state index contributed by atoms with van der Waals surface area (Å²) in [6.07, 6.45) is 0.964. The van der Waals surface area contributed by atoms with Crippen LogP contribution in [0.25, 0.3) is 0 Å². The predicted octanol–water partition coefficient (Wildman–Crippen LogP) is 5.31. The first-order valence-corrected chi connectivity index (χ1v) is 12.1. The number of hydrogen-bond donors (Lipinski definition) is 0. The van der Waals surface area contributed by atoms with Crippen molar-refractivity contribution in [1.82, 2.24) is 4.90 Å². The quantitative estimate of drug-likeness (QED) is 0.503. The molecule has 0 saturated carbocycles. The first-order chi connectivity index (χ1) is 17.5. The third-order valence-corrected chi connectivity index (χ3v) is 5.55. The highest BCUT2D eigenvalue weighted by Gasteiger charge is 2.18. The normalized spacial score (nSPS) is 20.6. The molecule has 2 heterocycles. The lowest BCUT2D eigenvalue weighted by Gasteiger charge is -2.26. The van der Waals surface area contributed by atoms with Gasteiger partial charge in [-0.3, -0.25) is 9.59 Å². The van der Waals surface area contributed by atoms with Crippen LogP contribution in [0.2, 0.25) is 0 Å². The van der Waals surface area contributed by atoms with Gasteiger partial charge in [0.1, 0.15) is 13.1 Å². The summed E-state index contributed by atoms with van der Waals surface area (Å²) in [7, 11) is 0. The molecule has 2 saturated heterocycles. The predicted molar refractivity (Wildman–Crippen MR) is 133 cm³/mol. The second-order valence-electron chi connectivity index (χ2n) is 7.19. The maximum atomic E-state index is 11.8. The molecule has 0 unspecified atom stereocenters. The van der Waals surface area contributed by atoms with E-state index in [1.807, 2.05) is 48.5 Å². The van der Waals surface area contributed by atoms with Crippen molar-refractivity contribution in [3.63, 3.8) is 0 Å². The largest absolute Gasteiger partial charge is 0.374 e. The number of amides is 1. The van der Waals surface area contributed by atoms with Crippen LogP contribution < -0.4 is 0 Å². The Balaban J connectivity index is 0.000000214. The van der Waals surface area contributed by atoms with Crippen LogP contribution in [0.15, 0.2) is 48.5 Å². The van der Waals surface area contributed by atoms with Gasteiger partial charge in [-0.05, 0) is 28.7 Å². The molecule has 2 aromatic rings. The van der Waals surface area contributed by atoms with Crippen molar-refractivity contribution >= 4 is 46.5 Å². The Morgan fingerprint density at radius 3 is 1.67 bits per heavy atom. The molecule has 2 aliphatic heterocycles. The first kappa shape index (κ1) is 21.9. The van der Waals surface area contributed by atoms with Crippen LogP contribution in [-0.4, -0.2) is 49.5 Å². The third kappa shape index (κ3) is 10.9. The molecule has 2 aliphatic rings. The molecule has 0 spiro atoms. The number of carbonyl (C=O) groups is 2. The van der Waals surface area contributed by atoms with Crippen LogP contribution >= 0.6 is 34.8 Å². The fourth-order valence-corrected chi connectivity index (χ4v) is 3.28. The number of carbonyl (C=O) groups excluding carboxylic acids is 2. The molecule has 0 N–H and O–H groups in total. The number of halogens is 3. The molecule has 5 nitrogen and oxygen atoms in total. The van der Waals surface area contributed by atoms with Gasteiger partial charge in [-0.2, -0.15) is 0 Å². The van der Waals surface area contributed by atoms with Crippen molar-refractivity contribution in [2.24, 2.45) is 0 Å². The monoisotopic (exact) mass is 517 g/mol. The zero-order chi connectivity index (χ0) is 27.5. The van der Waals surface area contributed by atoms with Crippen LogP contribution in [0.5, 0.6) is 0 Å². The Morgan fingerprint density at radius 1 is 0.758 bits per heavy atom. The Hall–Kier alpha value is -1.63. The Labute approximate surface area is 216 Å². The molecule has 0 atom stereocenters. The fourth-order valence-electron chi connectivity index (χ4n) is 2.74. The number of ether oxygens (including phenoxy) is 2. The summed E-state index contributed by atoms with van der Waals surface area (Å²) in [5.74, 6) is 0.550. The van der Waals surface area contributed by atoms with E-state index in [0.717, 1.165) is 22.3 Å². The molecule has 8 heteroatoms. The van der Waals surface area contributed by atoms with E-state index in [4.69, 9.17) is 45.0 Å². The van der Waals surface area contributed by atoms with Gasteiger partial charge in [0.15, 0.2) is 5.78 Å². The van der Waals surface area contributed by atoms with Crippen LogP contribution in [0.3, 0.4) is 0 Å². The Bertz CT molecular complexity index is 985. The van der Waals surface area contributed by atoms with Gasteiger partial charge in [-0.15, -0.1) is 34.8 Å². The number of alkyl halides is 3. The summed E-state index contributed by atoms with van der Waals surface area (Å²) in [5, 5.41) is 0. The van der Waals surface area contributed by atoms with Gasteiger partial charge in [0, 0.05) is 43.8 Å². The van der Waals surface area contributed by atoms with E-state index >= 15 is 0 Å². The lowest BCUT2D eigenvalue weighted by Crippen LogP contribution is -2.40. The minimum absolute atomic E-state index is 0.221. The standard InChI is InChI=1S/C12H14ClNO2.C8H8Cl2.C5H8O2/c13-7-10-1-3-11(4-2-10)8-14-5-6-16-9-12(14)15;9-5-7-1-2-8(6-10)4-3-7;6-5-2-1-3-7-4-5/h1-4H,5-9H2;1-4H,5-6H2;1-4H2/i9D2;;4D2. The highest BCUT2D eigenvalue weighted by atomic mass is 35.5. The fraction of sp³-hybridized carbons (Fsp3) is 0.440. The highest BCUT2D eigenvalue weighted by molar-refractivity contribution is 6.17. The molecule has 0 aromatic heterocycles. The highest BCUT2D eigenvalue weighted by Crippen LogP contribution is 2.11. The third-order valence-electron chi connectivity index (χ3n) is 4.63. The van der Waals surface area contributed by atoms with E-state index in [9.17, 15) is 9.59 Å². The van der Waals surface area contributed by atoms with Crippen molar-refractivity contribution in [2.75, 3.05) is 32.9 Å². The van der Waals surface area contributed by atoms with Crippen LogP contribution in [0, 0.1) is 0 Å². The van der Waals surface area contributed by atoms with Crippen LogP contribution in [-0.2, 0) is 43.2 Å². The lowest BCUT2D eigenvalue weighted by molar-refractivity contribution is -0.143. The second-order valence-corrected chi connectivity index (χ2v) is 7.99. The summed E-state index contributed by atoms with van der Waals surface area (Å²) in [6.45, 7) is -2.82. The zero-order valence-electron chi connectivity index (χ0n) is 22.2. The molecule has 2 aromatic carbocycles. The van der Waals surface area contributed by atoms with Crippen LogP contribution in [0.4, 0.5) is 0 Å². The van der Waals surface area contributed by atoms with Gasteiger partial charge >= 0.3 is 0 Å². The van der Waals surface area contributed by atoms with E-state index in [0.29, 0.717) is 50.2 Å². The average molecular weight is 519 g/mol. The number of ketones is 1. The van der Waals surface area contributed by atoms with E-state index in [2.05, 4.69) is 4.74 Å². The number of nitrogens with zero attached hydrogens (tertiary/aromatic N) is 1. The second kappa shape index (κ2) is 16.1. The van der Waals surface area contributed by atoms with Gasteiger partial charge in [-0.25, -0.2) is 0 Å². The number of rotatable bonds is 5. The molecule has 1 amide bonds. The van der Waals surface area contributed by atoms with Crippen molar-refractivity contribution in [1.29, 1.82) is 0 Å². The van der Waals surface area contributed by atoms with Gasteiger partial charge in [-0.1, -0.05) is 48.5 Å². The summed E-state index contributed by atoms with van der Waals surface area (Å²) < 4.78 is 38.1. The van der Waals surface area contributed by atoms with Crippen molar-refractivity contribution in [2.45, 2.75) is 37.0 Å². The topological polar surface area (TPSA) is 55.8 Å². The number of benzene rings is 2. The first-order valence-electron chi connectivity index (χ1n) is 12.5. The molecular weight excluding hydrogens is 485 g/mol. The van der Waals surface area contributed by atoms with E-state index in [-0.39, 0.29) is 6.61 Å². The SMILES string of the molecule is ClCc1ccc(CCl)cc1.[2H]C1([2H])OCCCC1=O.[2H]C1([2H])OCCN(Cc2ccc(CCl)cc2)C1=O. The van der Waals surface area contributed by atoms with E-state index in [1.165, 1.54) is 4.90 Å². The Morgan fingerprint density at radius 2 is 1.24 bits per heavy atom. The maximum Gasteiger partial charge on any atom is 0.248 e.